The third kappa shape index (κ3) is 3.87. The van der Waals surface area contributed by atoms with Gasteiger partial charge in [-0.25, -0.2) is 8.42 Å². The van der Waals surface area contributed by atoms with Gasteiger partial charge in [-0.15, -0.1) is 0 Å². The highest BCUT2D eigenvalue weighted by atomic mass is 32.2. The summed E-state index contributed by atoms with van der Waals surface area (Å²) in [7, 11) is -3.70. The topological polar surface area (TPSA) is 113 Å². The van der Waals surface area contributed by atoms with Crippen molar-refractivity contribution in [1.82, 2.24) is 23.3 Å². The Morgan fingerprint density at radius 1 is 1.14 bits per heavy atom. The number of fused-ring (bicyclic) bond motifs is 1. The predicted molar refractivity (Wildman–Crippen MR) is 103 cm³/mol. The SMILES string of the molecule is O=C(NCCC(=O)N1CCN(S(=O)(=O)c2cccc3nsnc23)CC1)C1CC1. The molecule has 11 heteroatoms. The van der Waals surface area contributed by atoms with Crippen LogP contribution in [0.1, 0.15) is 19.3 Å². The first-order valence-electron chi connectivity index (χ1n) is 9.24. The number of hydrogen-bond acceptors (Lipinski definition) is 7. The molecule has 2 amide bonds. The molecule has 150 valence electrons. The number of rotatable bonds is 6. The van der Waals surface area contributed by atoms with Gasteiger partial charge < -0.3 is 10.2 Å². The fourth-order valence-corrected chi connectivity index (χ4v) is 5.42. The quantitative estimate of drug-likeness (QED) is 0.721. The molecule has 2 heterocycles. The van der Waals surface area contributed by atoms with E-state index in [4.69, 9.17) is 0 Å². The third-order valence-electron chi connectivity index (χ3n) is 5.04. The van der Waals surface area contributed by atoms with Crippen molar-refractivity contribution in [3.63, 3.8) is 0 Å². The molecule has 1 aliphatic carbocycles. The highest BCUT2D eigenvalue weighted by Gasteiger charge is 2.32. The first kappa shape index (κ1) is 19.2. The van der Waals surface area contributed by atoms with Crippen molar-refractivity contribution in [3.05, 3.63) is 18.2 Å². The first-order chi connectivity index (χ1) is 13.5. The standard InChI is InChI=1S/C17H21N5O4S2/c23-15(6-7-18-17(24)12-4-5-12)21-8-10-22(11-9-21)28(25,26)14-3-1-2-13-16(14)20-27-19-13/h1-3,12H,4-11H2,(H,18,24). The van der Waals surface area contributed by atoms with Gasteiger partial charge in [-0.3, -0.25) is 9.59 Å². The van der Waals surface area contributed by atoms with Crippen molar-refractivity contribution in [2.45, 2.75) is 24.2 Å². The average Bonchev–Trinajstić information content (AvgIpc) is 3.44. The van der Waals surface area contributed by atoms with E-state index in [1.54, 1.807) is 23.1 Å². The van der Waals surface area contributed by atoms with Crippen molar-refractivity contribution in [3.8, 4) is 0 Å². The van der Waals surface area contributed by atoms with Crippen LogP contribution in [0.4, 0.5) is 0 Å². The molecule has 1 aliphatic heterocycles. The number of nitrogens with one attached hydrogen (secondary N) is 1. The molecule has 0 radical (unpaired) electrons. The summed E-state index contributed by atoms with van der Waals surface area (Å²) < 4.78 is 35.6. The molecule has 0 unspecified atom stereocenters. The van der Waals surface area contributed by atoms with Crippen molar-refractivity contribution in [2.24, 2.45) is 5.92 Å². The lowest BCUT2D eigenvalue weighted by molar-refractivity contribution is -0.132. The summed E-state index contributed by atoms with van der Waals surface area (Å²) in [6.07, 6.45) is 2.09. The number of piperazine rings is 1. The van der Waals surface area contributed by atoms with Crippen LogP contribution in [0.3, 0.4) is 0 Å². The van der Waals surface area contributed by atoms with Crippen LogP contribution in [0.2, 0.25) is 0 Å². The van der Waals surface area contributed by atoms with E-state index >= 15 is 0 Å². The minimum Gasteiger partial charge on any atom is -0.355 e. The molecule has 0 spiro atoms. The van der Waals surface area contributed by atoms with Crippen molar-refractivity contribution < 1.29 is 18.0 Å². The summed E-state index contributed by atoms with van der Waals surface area (Å²) in [5.74, 6) is 0.0783. The number of sulfonamides is 1. The van der Waals surface area contributed by atoms with Gasteiger partial charge in [0.15, 0.2) is 0 Å². The Bertz CT molecular complexity index is 994. The van der Waals surface area contributed by atoms with Gasteiger partial charge in [0.05, 0.1) is 11.7 Å². The molecular formula is C17H21N5O4S2. The van der Waals surface area contributed by atoms with E-state index in [0.29, 0.717) is 30.7 Å². The van der Waals surface area contributed by atoms with Crippen LogP contribution in [-0.2, 0) is 19.6 Å². The summed E-state index contributed by atoms with van der Waals surface area (Å²) in [5.41, 5.74) is 0.950. The summed E-state index contributed by atoms with van der Waals surface area (Å²) in [6, 6.07) is 4.93. The van der Waals surface area contributed by atoms with E-state index in [1.165, 1.54) is 4.31 Å². The lowest BCUT2D eigenvalue weighted by Gasteiger charge is -2.34. The summed E-state index contributed by atoms with van der Waals surface area (Å²) in [4.78, 5) is 25.7. The fraction of sp³-hybridized carbons (Fsp3) is 0.529. The van der Waals surface area contributed by atoms with E-state index in [-0.39, 0.29) is 42.1 Å². The molecule has 2 fully saturated rings. The first-order valence-corrected chi connectivity index (χ1v) is 11.4. The number of carbonyl (C=O) groups excluding carboxylic acids is 2. The van der Waals surface area contributed by atoms with Gasteiger partial charge in [0.25, 0.3) is 0 Å². The van der Waals surface area contributed by atoms with Gasteiger partial charge in [0.2, 0.25) is 21.8 Å². The Morgan fingerprint density at radius 3 is 2.61 bits per heavy atom. The van der Waals surface area contributed by atoms with Gasteiger partial charge >= 0.3 is 0 Å². The molecule has 0 atom stereocenters. The highest BCUT2D eigenvalue weighted by Crippen LogP contribution is 2.28. The van der Waals surface area contributed by atoms with Crippen molar-refractivity contribution in [1.29, 1.82) is 0 Å². The molecule has 28 heavy (non-hydrogen) atoms. The van der Waals surface area contributed by atoms with Crippen LogP contribution in [0.5, 0.6) is 0 Å². The minimum atomic E-state index is -3.70. The molecule has 1 N–H and O–H groups in total. The van der Waals surface area contributed by atoms with Crippen LogP contribution in [-0.4, -0.2) is 70.9 Å². The molecule has 9 nitrogen and oxygen atoms in total. The molecule has 1 saturated heterocycles. The second kappa shape index (κ2) is 7.72. The Hall–Kier alpha value is -2.11. The molecule has 1 aromatic carbocycles. The highest BCUT2D eigenvalue weighted by molar-refractivity contribution is 7.89. The van der Waals surface area contributed by atoms with Crippen LogP contribution < -0.4 is 5.32 Å². The maximum Gasteiger partial charge on any atom is 0.245 e. The second-order valence-electron chi connectivity index (χ2n) is 6.99. The van der Waals surface area contributed by atoms with Gasteiger partial charge in [-0.2, -0.15) is 13.1 Å². The van der Waals surface area contributed by atoms with Crippen LogP contribution in [0, 0.1) is 5.92 Å². The maximum absolute atomic E-state index is 13.0. The molecule has 1 saturated carbocycles. The number of benzene rings is 1. The van der Waals surface area contributed by atoms with Gasteiger partial charge in [0, 0.05) is 45.1 Å². The second-order valence-corrected chi connectivity index (χ2v) is 9.42. The number of hydrogen-bond donors (Lipinski definition) is 1. The predicted octanol–water partition coefficient (Wildman–Crippen LogP) is 0.440. The summed E-state index contributed by atoms with van der Waals surface area (Å²) in [6.45, 7) is 1.46. The molecule has 1 aromatic heterocycles. The Labute approximate surface area is 167 Å². The van der Waals surface area contributed by atoms with E-state index in [2.05, 4.69) is 14.1 Å². The number of nitrogens with zero attached hydrogens (tertiary/aromatic N) is 4. The zero-order valence-corrected chi connectivity index (χ0v) is 16.8. The lowest BCUT2D eigenvalue weighted by atomic mass is 10.3. The molecule has 2 aliphatic rings. The molecule has 0 bridgehead atoms. The lowest BCUT2D eigenvalue weighted by Crippen LogP contribution is -2.50. The molecular weight excluding hydrogens is 402 g/mol. The summed E-state index contributed by atoms with van der Waals surface area (Å²) in [5, 5.41) is 2.78. The monoisotopic (exact) mass is 423 g/mol. The van der Waals surface area contributed by atoms with E-state index in [0.717, 1.165) is 24.6 Å². The fourth-order valence-electron chi connectivity index (χ4n) is 3.25. The third-order valence-corrected chi connectivity index (χ3v) is 7.52. The largest absolute Gasteiger partial charge is 0.355 e. The number of amides is 2. The Balaban J connectivity index is 1.33. The Morgan fingerprint density at radius 2 is 1.89 bits per heavy atom. The van der Waals surface area contributed by atoms with Crippen molar-refractivity contribution >= 4 is 44.6 Å². The normalized spacial score (nSPS) is 18.4. The minimum absolute atomic E-state index is 0.0226. The summed E-state index contributed by atoms with van der Waals surface area (Å²) >= 11 is 0.983. The van der Waals surface area contributed by atoms with Gasteiger partial charge in [-0.1, -0.05) is 6.07 Å². The van der Waals surface area contributed by atoms with Crippen molar-refractivity contribution in [2.75, 3.05) is 32.7 Å². The zero-order chi connectivity index (χ0) is 19.7. The Kier molecular flexibility index (Phi) is 5.30. The maximum atomic E-state index is 13.0. The average molecular weight is 424 g/mol. The number of aromatic nitrogens is 2. The zero-order valence-electron chi connectivity index (χ0n) is 15.2. The smallest absolute Gasteiger partial charge is 0.245 e. The van der Waals surface area contributed by atoms with E-state index in [9.17, 15) is 18.0 Å². The van der Waals surface area contributed by atoms with Crippen LogP contribution in [0.25, 0.3) is 11.0 Å². The number of carbonyl (C=O) groups is 2. The van der Waals surface area contributed by atoms with E-state index < -0.39 is 10.0 Å². The molecule has 4 rings (SSSR count). The molecule has 2 aromatic rings. The van der Waals surface area contributed by atoms with Crippen LogP contribution in [0.15, 0.2) is 23.1 Å². The van der Waals surface area contributed by atoms with E-state index in [1.807, 2.05) is 0 Å². The van der Waals surface area contributed by atoms with Crippen LogP contribution >= 0.6 is 11.7 Å². The van der Waals surface area contributed by atoms with Gasteiger partial charge in [-0.05, 0) is 25.0 Å². The van der Waals surface area contributed by atoms with Gasteiger partial charge in [0.1, 0.15) is 15.9 Å².